The number of rotatable bonds is 4. The summed E-state index contributed by atoms with van der Waals surface area (Å²) in [6, 6.07) is 0. The van der Waals surface area contributed by atoms with Gasteiger partial charge in [-0.2, -0.15) is 9.82 Å². The van der Waals surface area contributed by atoms with Crippen LogP contribution < -0.4 is 0 Å². The molecule has 0 N–H and O–H groups in total. The van der Waals surface area contributed by atoms with Gasteiger partial charge in [0.1, 0.15) is 0 Å². The molecule has 0 heterocycles. The summed E-state index contributed by atoms with van der Waals surface area (Å²) in [4.78, 5) is 6.90. The Labute approximate surface area is 63.9 Å². The Morgan fingerprint density at radius 1 is 1.00 bits per heavy atom. The van der Waals surface area contributed by atoms with Crippen molar-refractivity contribution < 1.29 is 0 Å². The number of hydrogen-bond acceptors (Lipinski definition) is 4. The molecule has 56 valence electrons. The lowest BCUT2D eigenvalue weighted by atomic mass is 12.4. The first kappa shape index (κ1) is 9.08. The van der Waals surface area contributed by atoms with E-state index in [0.717, 1.165) is 0 Å². The summed E-state index contributed by atoms with van der Waals surface area (Å²) in [5.74, 6) is 0. The highest BCUT2D eigenvalue weighted by molar-refractivity contribution is 7.95. The Hall–Kier alpha value is -1.92. The molecule has 0 spiro atoms. The summed E-state index contributed by atoms with van der Waals surface area (Å²) in [7, 11) is 0. The van der Waals surface area contributed by atoms with Gasteiger partial charge in [-0.15, -0.1) is 11.1 Å². The van der Waals surface area contributed by atoms with E-state index in [-0.39, 0.29) is 0 Å². The summed E-state index contributed by atoms with van der Waals surface area (Å²) in [6.07, 6.45) is 0. The van der Waals surface area contributed by atoms with Gasteiger partial charge in [0.05, 0.1) is 0 Å². The first-order chi connectivity index (χ1) is 5.35. The van der Waals surface area contributed by atoms with Crippen LogP contribution in [-0.4, -0.2) is 4.52 Å². The molecule has 0 aliphatic heterocycles. The van der Waals surface area contributed by atoms with Crippen molar-refractivity contribution in [2.75, 3.05) is 0 Å². The van der Waals surface area contributed by atoms with Crippen LogP contribution in [0, 0.1) is 0 Å². The van der Waals surface area contributed by atoms with Gasteiger partial charge in [-0.05, 0) is 5.53 Å². The molecule has 0 saturated carbocycles. The maximum Gasteiger partial charge on any atom is 0.173 e. The van der Waals surface area contributed by atoms with Crippen molar-refractivity contribution in [1.29, 1.82) is 0 Å². The maximum absolute atomic E-state index is 7.85. The van der Waals surface area contributed by atoms with Gasteiger partial charge >= 0.3 is 0 Å². The van der Waals surface area contributed by atoms with Crippen molar-refractivity contribution >= 4 is 12.1 Å². The molecule has 11 heteroatoms. The third-order valence-electron chi connectivity index (χ3n) is 0.379. The second-order valence-electron chi connectivity index (χ2n) is 0.863. The quantitative estimate of drug-likeness (QED) is 0.210. The van der Waals surface area contributed by atoms with E-state index in [1.807, 2.05) is 0 Å². The van der Waals surface area contributed by atoms with Crippen LogP contribution in [0.3, 0.4) is 0 Å². The number of azide groups is 2. The van der Waals surface area contributed by atoms with Gasteiger partial charge in [-0.25, -0.2) is 0 Å². The molecule has 0 aliphatic rings. The second-order valence-corrected chi connectivity index (χ2v) is 1.52. The van der Waals surface area contributed by atoms with Crippen LogP contribution in [0.4, 0.5) is 0 Å². The summed E-state index contributed by atoms with van der Waals surface area (Å²) < 4.78 is 3.39. The molecule has 0 saturated heterocycles. The smallest absolute Gasteiger partial charge is 0.167 e. The predicted molar refractivity (Wildman–Crippen MR) is 36.9 cm³/mol. The van der Waals surface area contributed by atoms with Gasteiger partial charge in [-0.1, -0.05) is 4.52 Å². The zero-order valence-electron chi connectivity index (χ0n) is 4.88. The van der Waals surface area contributed by atoms with Crippen molar-refractivity contribution in [3.8, 4) is 0 Å². The van der Waals surface area contributed by atoms with E-state index in [9.17, 15) is 0 Å². The van der Waals surface area contributed by atoms with E-state index in [2.05, 4.69) is 29.7 Å². The Balaban J connectivity index is 4.20. The molecule has 0 rings (SSSR count). The molecule has 10 nitrogen and oxygen atoms in total. The minimum absolute atomic E-state index is 0.372. The standard InChI is InChI=1S/N10S/c1-4-7-10(8-5-2)11-9-6-3. The SMILES string of the molecule is [N-]=[N+]=NSN(N=[N+]=[N-])N=[N+]=[N-]. The fraction of sp³-hybridized carbons (Fsp3) is 0. The van der Waals surface area contributed by atoms with Crippen LogP contribution in [0.1, 0.15) is 0 Å². The monoisotopic (exact) mass is 172 g/mol. The van der Waals surface area contributed by atoms with E-state index in [4.69, 9.17) is 16.6 Å². The molecule has 0 aromatic rings. The lowest BCUT2D eigenvalue weighted by molar-refractivity contribution is 0.522. The van der Waals surface area contributed by atoms with Crippen molar-refractivity contribution in [2.24, 2.45) is 15.0 Å². The van der Waals surface area contributed by atoms with Crippen molar-refractivity contribution in [3.63, 3.8) is 0 Å². The van der Waals surface area contributed by atoms with Crippen LogP contribution >= 0.6 is 12.1 Å². The summed E-state index contributed by atoms with van der Waals surface area (Å²) in [6.45, 7) is 0. The lowest BCUT2D eigenvalue weighted by Crippen LogP contribution is -1.91. The first-order valence-electron chi connectivity index (χ1n) is 1.97. The molecule has 0 bridgehead atoms. The van der Waals surface area contributed by atoms with Gasteiger partial charge in [0.25, 0.3) is 0 Å². The fourth-order valence-electron chi connectivity index (χ4n) is 0.168. The highest BCUT2D eigenvalue weighted by Gasteiger charge is 1.96. The number of hydrogen-bond donors (Lipinski definition) is 0. The Morgan fingerprint density at radius 2 is 1.55 bits per heavy atom. The molecule has 0 aliphatic carbocycles. The number of nitrogens with zero attached hydrogens (tertiary/aromatic N) is 10. The zero-order valence-corrected chi connectivity index (χ0v) is 5.70. The minimum atomic E-state index is 0.372. The Morgan fingerprint density at radius 3 is 1.91 bits per heavy atom. The minimum Gasteiger partial charge on any atom is -0.167 e. The van der Waals surface area contributed by atoms with Gasteiger partial charge in [-0.3, -0.25) is 0 Å². The van der Waals surface area contributed by atoms with Gasteiger partial charge < -0.3 is 0 Å². The van der Waals surface area contributed by atoms with E-state index in [1.54, 1.807) is 0 Å². The third kappa shape index (κ3) is 4.58. The van der Waals surface area contributed by atoms with Crippen molar-refractivity contribution in [3.05, 3.63) is 31.3 Å². The molecule has 0 aromatic carbocycles. The zero-order chi connectivity index (χ0) is 8.53. The molecule has 0 radical (unpaired) electrons. The van der Waals surface area contributed by atoms with E-state index in [1.165, 1.54) is 0 Å². The second kappa shape index (κ2) is 6.20. The topological polar surface area (TPSA) is 150 Å². The lowest BCUT2D eigenvalue weighted by Gasteiger charge is -1.96. The average Bonchev–Trinajstić information content (AvgIpc) is 2.01. The van der Waals surface area contributed by atoms with Crippen LogP contribution in [-0.2, 0) is 0 Å². The molecule has 0 amide bonds. The van der Waals surface area contributed by atoms with Crippen molar-refractivity contribution in [2.45, 2.75) is 0 Å². The van der Waals surface area contributed by atoms with E-state index in [0.29, 0.717) is 16.7 Å². The molecule has 0 atom stereocenters. The fourth-order valence-corrected chi connectivity index (χ4v) is 0.397. The molecule has 11 heavy (non-hydrogen) atoms. The Kier molecular flexibility index (Phi) is 5.12. The van der Waals surface area contributed by atoms with Gasteiger partial charge in [0.2, 0.25) is 0 Å². The summed E-state index contributed by atoms with van der Waals surface area (Å²) in [5, 5.41) is 5.69. The van der Waals surface area contributed by atoms with Crippen molar-refractivity contribution in [1.82, 2.24) is 4.52 Å². The van der Waals surface area contributed by atoms with Crippen LogP contribution in [0.25, 0.3) is 31.3 Å². The molecule has 0 fully saturated rings. The van der Waals surface area contributed by atoms with Gasteiger partial charge in [0, 0.05) is 19.9 Å². The van der Waals surface area contributed by atoms with E-state index < -0.39 is 0 Å². The highest BCUT2D eigenvalue weighted by atomic mass is 32.2. The summed E-state index contributed by atoms with van der Waals surface area (Å²) in [5.41, 5.74) is 23.5. The Bertz CT molecular complexity index is 226. The maximum atomic E-state index is 7.85. The van der Waals surface area contributed by atoms with E-state index >= 15 is 0 Å². The molecule has 0 aromatic heterocycles. The third-order valence-corrected chi connectivity index (χ3v) is 0.817. The molecular formula is N10S. The molecular weight excluding hydrogens is 172 g/mol. The summed E-state index contributed by atoms with van der Waals surface area (Å²) >= 11 is 0.372. The highest BCUT2D eigenvalue weighted by Crippen LogP contribution is 2.12. The predicted octanol–water partition coefficient (Wildman–Crippen LogP) is 2.61. The van der Waals surface area contributed by atoms with Crippen LogP contribution in [0.5, 0.6) is 0 Å². The normalized spacial score (nSPS) is 6.55. The molecule has 0 unspecified atom stereocenters. The first-order valence-corrected chi connectivity index (χ1v) is 2.70. The van der Waals surface area contributed by atoms with Crippen LogP contribution in [0.2, 0.25) is 0 Å². The van der Waals surface area contributed by atoms with Crippen LogP contribution in [0.15, 0.2) is 15.0 Å². The average molecular weight is 172 g/mol. The largest absolute Gasteiger partial charge is 0.173 e. The van der Waals surface area contributed by atoms with Gasteiger partial charge in [0.15, 0.2) is 12.1 Å².